The van der Waals surface area contributed by atoms with Gasteiger partial charge in [0.25, 0.3) is 5.97 Å². The van der Waals surface area contributed by atoms with Crippen LogP contribution in [0.25, 0.3) is 0 Å². The third kappa shape index (κ3) is 12.2. The predicted molar refractivity (Wildman–Crippen MR) is 125 cm³/mol. The van der Waals surface area contributed by atoms with Crippen molar-refractivity contribution in [2.75, 3.05) is 0 Å². The normalized spacial score (nSPS) is 15.1. The van der Waals surface area contributed by atoms with Gasteiger partial charge in [-0.05, 0) is 86.5 Å². The average molecular weight is 407 g/mol. The van der Waals surface area contributed by atoms with Crippen LogP contribution >= 0.6 is 0 Å². The Morgan fingerprint density at radius 1 is 0.690 bits per heavy atom. The molecule has 0 aromatic heterocycles. The van der Waals surface area contributed by atoms with Gasteiger partial charge in [-0.2, -0.15) is 0 Å². The molecule has 0 spiro atoms. The van der Waals surface area contributed by atoms with E-state index < -0.39 is 11.4 Å². The highest BCUT2D eigenvalue weighted by atomic mass is 16.7. The molecule has 29 heavy (non-hydrogen) atoms. The van der Waals surface area contributed by atoms with E-state index in [1.165, 1.54) is 22.3 Å². The number of unbranched alkanes of at least 4 members (excludes halogenated alkanes) is 1. The molecule has 168 valence electrons. The largest absolute Gasteiger partial charge is 0.343 e. The van der Waals surface area contributed by atoms with Crippen molar-refractivity contribution in [3.63, 3.8) is 0 Å². The van der Waals surface area contributed by atoms with Gasteiger partial charge in [-0.3, -0.25) is 0 Å². The smallest absolute Gasteiger partial charge is 0.281 e. The molecular formula is C26H46O3. The molecule has 0 aliphatic rings. The van der Waals surface area contributed by atoms with Gasteiger partial charge in [0.15, 0.2) is 0 Å². The van der Waals surface area contributed by atoms with E-state index in [4.69, 9.17) is 0 Å². The lowest BCUT2D eigenvalue weighted by molar-refractivity contribution is -0.375. The van der Waals surface area contributed by atoms with E-state index in [1.807, 2.05) is 0 Å². The Hall–Kier alpha value is -1.16. The first-order chi connectivity index (χ1) is 13.4. The number of hydrogen-bond acceptors (Lipinski definition) is 3. The first-order valence-corrected chi connectivity index (χ1v) is 11.2. The lowest BCUT2D eigenvalue weighted by atomic mass is 9.73. The van der Waals surface area contributed by atoms with Crippen molar-refractivity contribution >= 4 is 0 Å². The van der Waals surface area contributed by atoms with E-state index in [-0.39, 0.29) is 0 Å². The predicted octanol–water partition coefficient (Wildman–Crippen LogP) is 6.96. The summed E-state index contributed by atoms with van der Waals surface area (Å²) < 4.78 is 0. The highest BCUT2D eigenvalue weighted by Gasteiger charge is 2.46. The zero-order valence-corrected chi connectivity index (χ0v) is 20.0. The van der Waals surface area contributed by atoms with Crippen LogP contribution in [0.5, 0.6) is 0 Å². The highest BCUT2D eigenvalue weighted by Crippen LogP contribution is 2.42. The maximum atomic E-state index is 10.3. The zero-order valence-electron chi connectivity index (χ0n) is 20.0. The van der Waals surface area contributed by atoms with E-state index in [1.54, 1.807) is 0 Å². The summed E-state index contributed by atoms with van der Waals surface area (Å²) >= 11 is 0. The molecule has 3 N–H and O–H groups in total. The van der Waals surface area contributed by atoms with Crippen LogP contribution in [0.1, 0.15) is 106 Å². The molecule has 0 aromatic rings. The summed E-state index contributed by atoms with van der Waals surface area (Å²) in [5.74, 6) is -2.70. The Bertz CT molecular complexity index is 538. The highest BCUT2D eigenvalue weighted by molar-refractivity contribution is 5.09. The lowest BCUT2D eigenvalue weighted by Gasteiger charge is -2.39. The summed E-state index contributed by atoms with van der Waals surface area (Å²) in [5, 5.41) is 30.9. The summed E-state index contributed by atoms with van der Waals surface area (Å²) in [6.07, 6.45) is 15.7. The number of aliphatic hydroxyl groups is 3. The average Bonchev–Trinajstić information content (AvgIpc) is 2.59. The minimum atomic E-state index is -2.70. The second-order valence-electron chi connectivity index (χ2n) is 9.17. The summed E-state index contributed by atoms with van der Waals surface area (Å²) in [5.41, 5.74) is 4.07. The molecule has 0 aromatic carbocycles. The zero-order chi connectivity index (χ0) is 22.5. The molecule has 0 amide bonds. The Morgan fingerprint density at radius 3 is 1.41 bits per heavy atom. The van der Waals surface area contributed by atoms with Crippen LogP contribution < -0.4 is 0 Å². The van der Waals surface area contributed by atoms with E-state index in [0.717, 1.165) is 38.5 Å². The van der Waals surface area contributed by atoms with Crippen molar-refractivity contribution in [3.05, 3.63) is 46.6 Å². The van der Waals surface area contributed by atoms with Crippen molar-refractivity contribution in [2.24, 2.45) is 5.41 Å². The van der Waals surface area contributed by atoms with Crippen LogP contribution in [0.2, 0.25) is 0 Å². The first kappa shape index (κ1) is 27.8. The van der Waals surface area contributed by atoms with Gasteiger partial charge in [-0.1, -0.05) is 66.4 Å². The van der Waals surface area contributed by atoms with E-state index in [2.05, 4.69) is 72.8 Å². The molecule has 3 nitrogen and oxygen atoms in total. The van der Waals surface area contributed by atoms with Crippen molar-refractivity contribution in [3.8, 4) is 0 Å². The fourth-order valence-electron chi connectivity index (χ4n) is 3.36. The minimum Gasteiger partial charge on any atom is -0.343 e. The first-order valence-electron chi connectivity index (χ1n) is 11.2. The summed E-state index contributed by atoms with van der Waals surface area (Å²) in [7, 11) is 0. The van der Waals surface area contributed by atoms with Crippen LogP contribution in [0.15, 0.2) is 46.6 Å². The molecule has 0 rings (SSSR count). The Kier molecular flexibility index (Phi) is 13.4. The maximum absolute atomic E-state index is 10.3. The molecule has 0 fully saturated rings. The molecule has 3 heteroatoms. The maximum Gasteiger partial charge on any atom is 0.281 e. The van der Waals surface area contributed by atoms with Crippen molar-refractivity contribution < 1.29 is 15.3 Å². The van der Waals surface area contributed by atoms with Crippen LogP contribution in [0.4, 0.5) is 0 Å². The molecule has 0 heterocycles. The Labute approximate surface area is 179 Å². The van der Waals surface area contributed by atoms with Crippen molar-refractivity contribution in [1.82, 2.24) is 0 Å². The van der Waals surface area contributed by atoms with Gasteiger partial charge in [-0.25, -0.2) is 0 Å². The molecule has 0 aliphatic heterocycles. The lowest BCUT2D eigenvalue weighted by Crippen LogP contribution is -2.48. The molecule has 0 atom stereocenters. The second-order valence-corrected chi connectivity index (χ2v) is 9.17. The van der Waals surface area contributed by atoms with Crippen molar-refractivity contribution in [2.45, 2.75) is 112 Å². The molecule has 0 bridgehead atoms. The number of hydrogen-bond donors (Lipinski definition) is 3. The SMILES string of the molecule is CCCCC(CC=C(C)CCC=C(C)C)(CC=C(C)CCC=C(C)C)C(O)(O)O. The van der Waals surface area contributed by atoms with Gasteiger partial charge in [0.05, 0.1) is 5.41 Å². The Morgan fingerprint density at radius 2 is 1.10 bits per heavy atom. The molecule has 0 unspecified atom stereocenters. The van der Waals surface area contributed by atoms with Gasteiger partial charge in [0.2, 0.25) is 0 Å². The quantitative estimate of drug-likeness (QED) is 0.216. The third-order valence-electron chi connectivity index (χ3n) is 5.59. The van der Waals surface area contributed by atoms with Gasteiger partial charge in [0.1, 0.15) is 0 Å². The van der Waals surface area contributed by atoms with E-state index in [0.29, 0.717) is 19.3 Å². The van der Waals surface area contributed by atoms with Gasteiger partial charge < -0.3 is 15.3 Å². The molecule has 0 saturated carbocycles. The summed E-state index contributed by atoms with van der Waals surface area (Å²) in [6.45, 7) is 14.6. The fourth-order valence-corrected chi connectivity index (χ4v) is 3.36. The molecule has 0 radical (unpaired) electrons. The van der Waals surface area contributed by atoms with E-state index in [9.17, 15) is 15.3 Å². The van der Waals surface area contributed by atoms with Crippen LogP contribution in [-0.2, 0) is 0 Å². The summed E-state index contributed by atoms with van der Waals surface area (Å²) in [4.78, 5) is 0. The van der Waals surface area contributed by atoms with Gasteiger partial charge in [0, 0.05) is 0 Å². The van der Waals surface area contributed by atoms with Crippen molar-refractivity contribution in [1.29, 1.82) is 0 Å². The fraction of sp³-hybridized carbons (Fsp3) is 0.692. The standard InChI is InChI=1S/C26H46O3/c1-8-9-18-25(26(27,28)29,19-16-23(6)14-10-12-21(2)3)20-17-24(7)15-11-13-22(4)5/h12-13,16-17,27-29H,8-11,14-15,18-20H2,1-7H3. The topological polar surface area (TPSA) is 60.7 Å². The minimum absolute atomic E-state index is 0.453. The van der Waals surface area contributed by atoms with Gasteiger partial charge in [-0.15, -0.1) is 0 Å². The summed E-state index contributed by atoms with van der Waals surface area (Å²) in [6, 6.07) is 0. The molecule has 0 aliphatic carbocycles. The number of allylic oxidation sites excluding steroid dienone is 8. The molecular weight excluding hydrogens is 360 g/mol. The monoisotopic (exact) mass is 406 g/mol. The van der Waals surface area contributed by atoms with Gasteiger partial charge >= 0.3 is 0 Å². The second kappa shape index (κ2) is 14.0. The van der Waals surface area contributed by atoms with Crippen LogP contribution in [-0.4, -0.2) is 21.3 Å². The third-order valence-corrected chi connectivity index (χ3v) is 5.59. The number of rotatable bonds is 14. The molecule has 0 saturated heterocycles. The Balaban J connectivity index is 5.43. The van der Waals surface area contributed by atoms with E-state index >= 15 is 0 Å². The van der Waals surface area contributed by atoms with Crippen LogP contribution in [0.3, 0.4) is 0 Å². The van der Waals surface area contributed by atoms with Crippen LogP contribution in [0, 0.1) is 5.41 Å².